The Balaban J connectivity index is 2.22. The Kier molecular flexibility index (Phi) is 6.47. The smallest absolute Gasteiger partial charge is 0.228 e. The second-order valence-electron chi connectivity index (χ2n) is 5.66. The fraction of sp³-hybridized carbons (Fsp3) is 0.333. The van der Waals surface area contributed by atoms with E-state index in [9.17, 15) is 8.78 Å². The van der Waals surface area contributed by atoms with E-state index < -0.39 is 17.7 Å². The maximum absolute atomic E-state index is 13.4. The molecule has 1 unspecified atom stereocenters. The molecule has 0 N–H and O–H groups in total. The Hall–Kier alpha value is -2.02. The summed E-state index contributed by atoms with van der Waals surface area (Å²) in [6, 6.07) is 5.12. The van der Waals surface area contributed by atoms with Gasteiger partial charge in [0.1, 0.15) is 17.7 Å². The first-order chi connectivity index (χ1) is 11.8. The van der Waals surface area contributed by atoms with Gasteiger partial charge in [0.2, 0.25) is 5.88 Å². The summed E-state index contributed by atoms with van der Waals surface area (Å²) in [4.78, 5) is 10.7. The van der Waals surface area contributed by atoms with Gasteiger partial charge < -0.3 is 9.64 Å². The fourth-order valence-corrected chi connectivity index (χ4v) is 2.45. The largest absolute Gasteiger partial charge is 0.469 e. The summed E-state index contributed by atoms with van der Waals surface area (Å²) >= 11 is 3.41. The normalized spacial score (nSPS) is 12.4. The highest BCUT2D eigenvalue weighted by Gasteiger charge is 2.15. The lowest BCUT2D eigenvalue weighted by Gasteiger charge is -2.16. The van der Waals surface area contributed by atoms with E-state index in [1.54, 1.807) is 19.3 Å². The maximum Gasteiger partial charge on any atom is 0.228 e. The van der Waals surface area contributed by atoms with Gasteiger partial charge >= 0.3 is 0 Å². The minimum atomic E-state index is -0.640. The zero-order chi connectivity index (χ0) is 18.6. The molecule has 4 nitrogen and oxygen atoms in total. The number of aryl methyl sites for hydroxylation is 1. The van der Waals surface area contributed by atoms with E-state index in [1.807, 2.05) is 25.8 Å². The molecule has 0 fully saturated rings. The molecule has 1 heterocycles. The van der Waals surface area contributed by atoms with Gasteiger partial charge in [0.05, 0.1) is 22.2 Å². The van der Waals surface area contributed by atoms with Gasteiger partial charge in [-0.1, -0.05) is 0 Å². The van der Waals surface area contributed by atoms with Crippen LogP contribution < -0.4 is 4.74 Å². The summed E-state index contributed by atoms with van der Waals surface area (Å²) in [5.74, 6) is -0.936. The molecule has 0 amide bonds. The zero-order valence-electron chi connectivity index (χ0n) is 14.6. The molecule has 0 saturated heterocycles. The van der Waals surface area contributed by atoms with Crippen LogP contribution in [-0.4, -0.2) is 29.8 Å². The van der Waals surface area contributed by atoms with Crippen LogP contribution in [0.5, 0.6) is 5.88 Å². The molecule has 0 aliphatic carbocycles. The average Bonchev–Trinajstić information content (AvgIpc) is 2.55. The van der Waals surface area contributed by atoms with E-state index in [0.717, 1.165) is 12.6 Å². The van der Waals surface area contributed by atoms with Crippen molar-refractivity contribution in [2.45, 2.75) is 26.9 Å². The third-order valence-corrected chi connectivity index (χ3v) is 4.21. The van der Waals surface area contributed by atoms with Crippen LogP contribution in [0.25, 0.3) is 0 Å². The molecule has 7 heteroatoms. The molecule has 0 aliphatic heterocycles. The summed E-state index contributed by atoms with van der Waals surface area (Å²) in [6.07, 6.45) is 1.17. The van der Waals surface area contributed by atoms with E-state index >= 15 is 0 Å². The van der Waals surface area contributed by atoms with Crippen LogP contribution >= 0.6 is 15.9 Å². The molecule has 2 rings (SSSR count). The van der Waals surface area contributed by atoms with Crippen LogP contribution in [0.15, 0.2) is 33.7 Å². The molecule has 134 valence electrons. The van der Waals surface area contributed by atoms with Crippen molar-refractivity contribution in [3.8, 4) is 5.88 Å². The zero-order valence-corrected chi connectivity index (χ0v) is 16.1. The predicted octanol–water partition coefficient (Wildman–Crippen LogP) is 5.18. The topological polar surface area (TPSA) is 37.7 Å². The number of hydrogen-bond acceptors (Lipinski definition) is 3. The number of nitrogens with zero attached hydrogens (tertiary/aromatic N) is 3. The number of aliphatic imine (C=N–C) groups is 1. The monoisotopic (exact) mass is 411 g/mol. The highest BCUT2D eigenvalue weighted by atomic mass is 79.9. The molecular weight excluding hydrogens is 392 g/mol. The number of halogens is 3. The first-order valence-corrected chi connectivity index (χ1v) is 8.63. The van der Waals surface area contributed by atoms with Crippen molar-refractivity contribution >= 4 is 28.0 Å². The third-order valence-electron chi connectivity index (χ3n) is 3.64. The van der Waals surface area contributed by atoms with E-state index in [2.05, 4.69) is 25.9 Å². The van der Waals surface area contributed by atoms with Gasteiger partial charge in [-0.15, -0.1) is 0 Å². The molecule has 1 aromatic heterocycles. The molecule has 1 aromatic carbocycles. The Labute approximate surface area is 154 Å². The third kappa shape index (κ3) is 5.22. The van der Waals surface area contributed by atoms with Crippen molar-refractivity contribution in [2.75, 3.05) is 13.6 Å². The number of ether oxygens (including phenoxy) is 1. The maximum atomic E-state index is 13.4. The van der Waals surface area contributed by atoms with Gasteiger partial charge in [-0.05, 0) is 60.5 Å². The minimum absolute atomic E-state index is 0.345. The summed E-state index contributed by atoms with van der Waals surface area (Å²) in [7, 11) is 1.93. The summed E-state index contributed by atoms with van der Waals surface area (Å²) in [5, 5.41) is 0. The van der Waals surface area contributed by atoms with Crippen LogP contribution in [0.4, 0.5) is 14.5 Å². The van der Waals surface area contributed by atoms with Crippen molar-refractivity contribution in [3.05, 3.63) is 51.6 Å². The van der Waals surface area contributed by atoms with Crippen LogP contribution in [0, 0.1) is 18.6 Å². The molecule has 0 radical (unpaired) electrons. The minimum Gasteiger partial charge on any atom is -0.469 e. The average molecular weight is 412 g/mol. The molecule has 2 aromatic rings. The molecular formula is C18H20BrF2N3O. The van der Waals surface area contributed by atoms with E-state index in [1.165, 1.54) is 12.1 Å². The predicted molar refractivity (Wildman–Crippen MR) is 98.5 cm³/mol. The van der Waals surface area contributed by atoms with Crippen LogP contribution in [-0.2, 0) is 0 Å². The highest BCUT2D eigenvalue weighted by molar-refractivity contribution is 9.10. The van der Waals surface area contributed by atoms with Crippen LogP contribution in [0.3, 0.4) is 0 Å². The second kappa shape index (κ2) is 8.38. The van der Waals surface area contributed by atoms with E-state index in [-0.39, 0.29) is 0 Å². The first kappa shape index (κ1) is 19.3. The van der Waals surface area contributed by atoms with Crippen molar-refractivity contribution < 1.29 is 13.5 Å². The van der Waals surface area contributed by atoms with Crippen LogP contribution in [0.2, 0.25) is 0 Å². The van der Waals surface area contributed by atoms with Gasteiger partial charge in [-0.2, -0.15) is 0 Å². The molecule has 1 atom stereocenters. The molecule has 25 heavy (non-hydrogen) atoms. The number of benzene rings is 1. The Morgan fingerprint density at radius 1 is 1.28 bits per heavy atom. The number of hydrogen-bond donors (Lipinski definition) is 0. The van der Waals surface area contributed by atoms with E-state index in [0.29, 0.717) is 27.3 Å². The SMILES string of the molecule is CCN(C)/C=N/c1cc(Br)c(OC(C)c2cc(F)cc(F)c2)nc1C. The first-order valence-electron chi connectivity index (χ1n) is 7.84. The summed E-state index contributed by atoms with van der Waals surface area (Å²) < 4.78 is 33.1. The van der Waals surface area contributed by atoms with Crippen molar-refractivity contribution in [1.29, 1.82) is 0 Å². The Bertz CT molecular complexity index is 763. The molecule has 0 spiro atoms. The summed E-state index contributed by atoms with van der Waals surface area (Å²) in [6.45, 7) is 6.41. The Morgan fingerprint density at radius 3 is 2.52 bits per heavy atom. The van der Waals surface area contributed by atoms with Gasteiger partial charge in [0, 0.05) is 19.7 Å². The molecule has 0 saturated carbocycles. The lowest BCUT2D eigenvalue weighted by molar-refractivity contribution is 0.214. The van der Waals surface area contributed by atoms with Crippen LogP contribution in [0.1, 0.15) is 31.2 Å². The second-order valence-corrected chi connectivity index (χ2v) is 6.51. The standard InChI is InChI=1S/C18H20BrF2N3O/c1-5-24(4)10-22-17-9-16(19)18(23-11(17)2)25-12(3)13-6-14(20)8-15(21)7-13/h6-10,12H,5H2,1-4H3/b22-10+. The Morgan fingerprint density at radius 2 is 1.92 bits per heavy atom. The highest BCUT2D eigenvalue weighted by Crippen LogP contribution is 2.32. The molecule has 0 bridgehead atoms. The number of aromatic nitrogens is 1. The van der Waals surface area contributed by atoms with Crippen molar-refractivity contribution in [3.63, 3.8) is 0 Å². The molecule has 0 aliphatic rings. The van der Waals surface area contributed by atoms with Gasteiger partial charge in [0.25, 0.3) is 0 Å². The van der Waals surface area contributed by atoms with E-state index in [4.69, 9.17) is 4.74 Å². The lowest BCUT2D eigenvalue weighted by atomic mass is 10.1. The van der Waals surface area contributed by atoms with Gasteiger partial charge in [-0.25, -0.2) is 18.8 Å². The number of rotatable bonds is 6. The van der Waals surface area contributed by atoms with Gasteiger partial charge in [0.15, 0.2) is 0 Å². The number of pyridine rings is 1. The van der Waals surface area contributed by atoms with Crippen molar-refractivity contribution in [1.82, 2.24) is 9.88 Å². The fourth-order valence-electron chi connectivity index (χ4n) is 2.05. The van der Waals surface area contributed by atoms with Crippen molar-refractivity contribution in [2.24, 2.45) is 4.99 Å². The lowest BCUT2D eigenvalue weighted by Crippen LogP contribution is -2.14. The quantitative estimate of drug-likeness (QED) is 0.485. The van der Waals surface area contributed by atoms with Gasteiger partial charge in [-0.3, -0.25) is 0 Å². The summed E-state index contributed by atoms with van der Waals surface area (Å²) in [5.41, 5.74) is 1.80.